The van der Waals surface area contributed by atoms with Gasteiger partial charge in [0, 0.05) is 13.0 Å². The first-order valence-electron chi connectivity index (χ1n) is 5.43. The van der Waals surface area contributed by atoms with Gasteiger partial charge in [-0.2, -0.15) is 5.10 Å². The van der Waals surface area contributed by atoms with Gasteiger partial charge in [0.15, 0.2) is 4.77 Å². The largest absolute Gasteiger partial charge is 0.307 e. The summed E-state index contributed by atoms with van der Waals surface area (Å²) in [6, 6.07) is 10.6. The lowest BCUT2D eigenvalue weighted by atomic mass is 10.1. The Kier molecular flexibility index (Phi) is 2.17. The van der Waals surface area contributed by atoms with Gasteiger partial charge in [0.2, 0.25) is 0 Å². The molecule has 1 N–H and O–H groups in total. The van der Waals surface area contributed by atoms with Crippen LogP contribution in [-0.4, -0.2) is 14.8 Å². The Bertz CT molecular complexity index is 555. The van der Waals surface area contributed by atoms with Gasteiger partial charge < -0.3 is 4.57 Å². The smallest absolute Gasteiger partial charge is 0.194 e. The van der Waals surface area contributed by atoms with Crippen LogP contribution in [-0.2, 0) is 7.05 Å². The minimum absolute atomic E-state index is 0.528. The van der Waals surface area contributed by atoms with Crippen LogP contribution in [0.1, 0.15) is 29.6 Å². The molecule has 1 fully saturated rings. The molecule has 1 heterocycles. The highest BCUT2D eigenvalue weighted by Gasteiger charge is 2.42. The molecule has 1 aliphatic rings. The van der Waals surface area contributed by atoms with E-state index in [9.17, 15) is 0 Å². The van der Waals surface area contributed by atoms with E-state index in [0.29, 0.717) is 16.6 Å². The van der Waals surface area contributed by atoms with Crippen molar-refractivity contribution in [2.45, 2.75) is 18.3 Å². The maximum Gasteiger partial charge on any atom is 0.194 e. The second kappa shape index (κ2) is 3.56. The number of nitrogens with one attached hydrogen (secondary N) is 1. The Hall–Kier alpha value is -1.42. The molecule has 4 heteroatoms. The molecule has 0 unspecified atom stereocenters. The highest BCUT2D eigenvalue weighted by molar-refractivity contribution is 7.71. The van der Waals surface area contributed by atoms with Gasteiger partial charge in [0.05, 0.1) is 0 Å². The van der Waals surface area contributed by atoms with E-state index in [1.165, 1.54) is 12.0 Å². The Morgan fingerprint density at radius 1 is 1.31 bits per heavy atom. The lowest BCUT2D eigenvalue weighted by molar-refractivity contribution is 0.779. The van der Waals surface area contributed by atoms with Crippen molar-refractivity contribution in [2.24, 2.45) is 7.05 Å². The van der Waals surface area contributed by atoms with E-state index in [1.807, 2.05) is 11.6 Å². The van der Waals surface area contributed by atoms with Gasteiger partial charge in [-0.1, -0.05) is 30.3 Å². The number of aromatic amines is 1. The van der Waals surface area contributed by atoms with Crippen LogP contribution in [0.3, 0.4) is 0 Å². The molecule has 1 aliphatic carbocycles. The number of rotatable bonds is 2. The topological polar surface area (TPSA) is 33.6 Å². The molecule has 2 aromatic rings. The van der Waals surface area contributed by atoms with Crippen molar-refractivity contribution in [1.29, 1.82) is 0 Å². The van der Waals surface area contributed by atoms with Crippen molar-refractivity contribution in [3.05, 3.63) is 46.5 Å². The summed E-state index contributed by atoms with van der Waals surface area (Å²) in [5.41, 5.74) is 1.40. The molecule has 0 saturated heterocycles. The third-order valence-corrected chi connectivity index (χ3v) is 3.63. The van der Waals surface area contributed by atoms with Gasteiger partial charge in [-0.15, -0.1) is 0 Å². The van der Waals surface area contributed by atoms with Crippen LogP contribution in [0, 0.1) is 4.77 Å². The van der Waals surface area contributed by atoms with Crippen molar-refractivity contribution in [2.75, 3.05) is 0 Å². The fourth-order valence-corrected chi connectivity index (χ4v) is 2.38. The van der Waals surface area contributed by atoms with E-state index < -0.39 is 0 Å². The molecule has 0 bridgehead atoms. The zero-order valence-electron chi connectivity index (χ0n) is 9.05. The molecular formula is C12H13N3S. The fraction of sp³-hybridized carbons (Fsp3) is 0.333. The summed E-state index contributed by atoms with van der Waals surface area (Å²) in [6.45, 7) is 0. The highest BCUT2D eigenvalue weighted by Crippen LogP contribution is 2.53. The van der Waals surface area contributed by atoms with Crippen LogP contribution < -0.4 is 0 Å². The van der Waals surface area contributed by atoms with E-state index in [1.54, 1.807) is 0 Å². The van der Waals surface area contributed by atoms with Gasteiger partial charge in [-0.05, 0) is 30.1 Å². The minimum atomic E-state index is 0.528. The van der Waals surface area contributed by atoms with Crippen LogP contribution in [0.4, 0.5) is 0 Å². The van der Waals surface area contributed by atoms with Gasteiger partial charge in [0.1, 0.15) is 5.82 Å². The summed E-state index contributed by atoms with van der Waals surface area (Å²) >= 11 is 5.12. The minimum Gasteiger partial charge on any atom is -0.307 e. The van der Waals surface area contributed by atoms with E-state index in [-0.39, 0.29) is 0 Å². The first-order chi connectivity index (χ1) is 7.77. The fourth-order valence-electron chi connectivity index (χ4n) is 2.24. The monoisotopic (exact) mass is 231 g/mol. The summed E-state index contributed by atoms with van der Waals surface area (Å²) in [5.74, 6) is 2.23. The Morgan fingerprint density at radius 2 is 2.06 bits per heavy atom. The molecule has 3 nitrogen and oxygen atoms in total. The molecule has 82 valence electrons. The van der Waals surface area contributed by atoms with Crippen molar-refractivity contribution in [3.63, 3.8) is 0 Å². The third-order valence-electron chi connectivity index (χ3n) is 3.26. The first kappa shape index (κ1) is 9.78. The van der Waals surface area contributed by atoms with Gasteiger partial charge in [-0.3, -0.25) is 5.10 Å². The van der Waals surface area contributed by atoms with Gasteiger partial charge >= 0.3 is 0 Å². The normalized spacial score (nSPS) is 23.3. The van der Waals surface area contributed by atoms with E-state index >= 15 is 0 Å². The molecule has 3 rings (SSSR count). The number of aromatic nitrogens is 3. The molecule has 2 atom stereocenters. The zero-order valence-corrected chi connectivity index (χ0v) is 9.87. The third kappa shape index (κ3) is 1.50. The molecule has 1 saturated carbocycles. The van der Waals surface area contributed by atoms with E-state index in [2.05, 4.69) is 40.5 Å². The van der Waals surface area contributed by atoms with Crippen molar-refractivity contribution < 1.29 is 0 Å². The lowest BCUT2D eigenvalue weighted by Crippen LogP contribution is -1.96. The number of nitrogens with zero attached hydrogens (tertiary/aromatic N) is 2. The van der Waals surface area contributed by atoms with Crippen LogP contribution >= 0.6 is 12.2 Å². The Morgan fingerprint density at radius 3 is 2.69 bits per heavy atom. The predicted octanol–water partition coefficient (Wildman–Crippen LogP) is 2.75. The standard InChI is InChI=1S/C12H13N3S/c1-15-11(13-14-12(15)16)10-7-9(10)8-5-3-2-4-6-8/h2-6,9-10H,7H2,1H3,(H,14,16)/t9-,10-/m1/s1. The second-order valence-corrected chi connectivity index (χ2v) is 4.69. The number of hydrogen-bond acceptors (Lipinski definition) is 2. The van der Waals surface area contributed by atoms with E-state index in [0.717, 1.165) is 5.82 Å². The Balaban J connectivity index is 1.87. The average Bonchev–Trinajstić information content (AvgIpc) is 3.04. The van der Waals surface area contributed by atoms with Crippen LogP contribution in [0.25, 0.3) is 0 Å². The van der Waals surface area contributed by atoms with Crippen molar-refractivity contribution in [1.82, 2.24) is 14.8 Å². The maximum absolute atomic E-state index is 5.12. The maximum atomic E-state index is 5.12. The molecule has 0 radical (unpaired) electrons. The van der Waals surface area contributed by atoms with Crippen LogP contribution in [0.2, 0.25) is 0 Å². The number of H-pyrrole nitrogens is 1. The highest BCUT2D eigenvalue weighted by atomic mass is 32.1. The lowest BCUT2D eigenvalue weighted by Gasteiger charge is -2.00. The van der Waals surface area contributed by atoms with E-state index in [4.69, 9.17) is 12.2 Å². The van der Waals surface area contributed by atoms with Crippen LogP contribution in [0.15, 0.2) is 30.3 Å². The van der Waals surface area contributed by atoms with Gasteiger partial charge in [0.25, 0.3) is 0 Å². The molecule has 0 spiro atoms. The summed E-state index contributed by atoms with van der Waals surface area (Å²) in [6.07, 6.45) is 1.18. The van der Waals surface area contributed by atoms with Crippen LogP contribution in [0.5, 0.6) is 0 Å². The SMILES string of the molecule is Cn1c([C@@H]2C[C@@H]2c2ccccc2)n[nH]c1=S. The summed E-state index contributed by atoms with van der Waals surface area (Å²) in [4.78, 5) is 0. The van der Waals surface area contributed by atoms with Crippen molar-refractivity contribution in [3.8, 4) is 0 Å². The molecule has 1 aromatic heterocycles. The number of benzene rings is 1. The first-order valence-corrected chi connectivity index (χ1v) is 5.84. The molecule has 0 amide bonds. The van der Waals surface area contributed by atoms with Crippen molar-refractivity contribution >= 4 is 12.2 Å². The Labute approximate surface area is 99.1 Å². The number of hydrogen-bond donors (Lipinski definition) is 1. The molecule has 1 aromatic carbocycles. The summed E-state index contributed by atoms with van der Waals surface area (Å²) in [5, 5.41) is 7.14. The average molecular weight is 231 g/mol. The summed E-state index contributed by atoms with van der Waals surface area (Å²) in [7, 11) is 1.97. The van der Waals surface area contributed by atoms with Gasteiger partial charge in [-0.25, -0.2) is 0 Å². The second-order valence-electron chi connectivity index (χ2n) is 4.31. The zero-order chi connectivity index (χ0) is 11.1. The predicted molar refractivity (Wildman–Crippen MR) is 64.9 cm³/mol. The quantitative estimate of drug-likeness (QED) is 0.806. The molecule has 0 aliphatic heterocycles. The molecular weight excluding hydrogens is 218 g/mol. The summed E-state index contributed by atoms with van der Waals surface area (Å²) < 4.78 is 2.68. The molecule has 16 heavy (non-hydrogen) atoms.